The number of hydrogen-bond donors (Lipinski definition) is 2. The molecule has 0 aliphatic carbocycles. The first-order chi connectivity index (χ1) is 8.47. The maximum atomic E-state index is 11.6. The molecule has 0 radical (unpaired) electrons. The van der Waals surface area contributed by atoms with Crippen molar-refractivity contribution in [2.45, 2.75) is 52.7 Å². The third-order valence-corrected chi connectivity index (χ3v) is 2.28. The minimum atomic E-state index is -1.09. The highest BCUT2D eigenvalue weighted by Gasteiger charge is 2.30. The fourth-order valence-electron chi connectivity index (χ4n) is 1.65. The van der Waals surface area contributed by atoms with E-state index in [1.807, 2.05) is 13.8 Å². The van der Waals surface area contributed by atoms with Gasteiger partial charge in [0.05, 0.1) is 6.61 Å². The van der Waals surface area contributed by atoms with Crippen molar-refractivity contribution in [2.75, 3.05) is 13.7 Å². The molecule has 0 aromatic rings. The van der Waals surface area contributed by atoms with E-state index < -0.39 is 23.7 Å². The van der Waals surface area contributed by atoms with E-state index in [4.69, 9.17) is 14.6 Å². The second-order valence-corrected chi connectivity index (χ2v) is 6.34. The largest absolute Gasteiger partial charge is 0.480 e. The number of carbonyl (C=O) groups is 2. The van der Waals surface area contributed by atoms with Crippen LogP contribution in [0.3, 0.4) is 0 Å². The van der Waals surface area contributed by atoms with E-state index >= 15 is 0 Å². The number of alkyl carbamates (subject to hydrolysis) is 1. The van der Waals surface area contributed by atoms with Gasteiger partial charge < -0.3 is 19.9 Å². The standard InChI is InChI=1S/C13H25NO5/c1-12(2,3)19-11(17)14-9(10(15)16)7-13(4,5)8-18-6/h9H,7-8H2,1-6H3,(H,14,17)(H,15,16). The number of nitrogens with one attached hydrogen (secondary N) is 1. The summed E-state index contributed by atoms with van der Waals surface area (Å²) in [4.78, 5) is 22.8. The van der Waals surface area contributed by atoms with Gasteiger partial charge in [0.15, 0.2) is 0 Å². The molecule has 0 bridgehead atoms. The molecule has 6 heteroatoms. The summed E-state index contributed by atoms with van der Waals surface area (Å²) >= 11 is 0. The average molecular weight is 275 g/mol. The second-order valence-electron chi connectivity index (χ2n) is 6.34. The van der Waals surface area contributed by atoms with Crippen molar-refractivity contribution in [3.8, 4) is 0 Å². The van der Waals surface area contributed by atoms with E-state index in [2.05, 4.69) is 5.32 Å². The first-order valence-electron chi connectivity index (χ1n) is 6.18. The molecule has 1 atom stereocenters. The SMILES string of the molecule is COCC(C)(C)CC(NC(=O)OC(C)(C)C)C(=O)O. The number of methoxy groups -OCH3 is 1. The molecular weight excluding hydrogens is 250 g/mol. The van der Waals surface area contributed by atoms with Gasteiger partial charge in [-0.1, -0.05) is 13.8 Å². The Morgan fingerprint density at radius 2 is 1.74 bits per heavy atom. The number of carbonyl (C=O) groups excluding carboxylic acids is 1. The van der Waals surface area contributed by atoms with E-state index in [0.29, 0.717) is 6.61 Å². The number of hydrogen-bond acceptors (Lipinski definition) is 4. The van der Waals surface area contributed by atoms with Crippen LogP contribution in [0.4, 0.5) is 4.79 Å². The molecule has 112 valence electrons. The Morgan fingerprint density at radius 3 is 2.11 bits per heavy atom. The maximum absolute atomic E-state index is 11.6. The molecule has 0 aromatic heterocycles. The molecule has 0 rings (SSSR count). The molecule has 19 heavy (non-hydrogen) atoms. The predicted octanol–water partition coefficient (Wildman–Crippen LogP) is 2.03. The Morgan fingerprint density at radius 1 is 1.21 bits per heavy atom. The third kappa shape index (κ3) is 8.42. The minimum Gasteiger partial charge on any atom is -0.480 e. The van der Waals surface area contributed by atoms with E-state index in [9.17, 15) is 9.59 Å². The van der Waals surface area contributed by atoms with Gasteiger partial charge in [-0.15, -0.1) is 0 Å². The maximum Gasteiger partial charge on any atom is 0.408 e. The van der Waals surface area contributed by atoms with Crippen molar-refractivity contribution in [2.24, 2.45) is 5.41 Å². The summed E-state index contributed by atoms with van der Waals surface area (Å²) in [7, 11) is 1.55. The number of carboxylic acid groups (broad SMARTS) is 1. The van der Waals surface area contributed by atoms with E-state index in [-0.39, 0.29) is 11.8 Å². The van der Waals surface area contributed by atoms with Gasteiger partial charge in [0.1, 0.15) is 11.6 Å². The monoisotopic (exact) mass is 275 g/mol. The van der Waals surface area contributed by atoms with Crippen LogP contribution in [-0.2, 0) is 14.3 Å². The first kappa shape index (κ1) is 17.7. The molecule has 0 aliphatic rings. The van der Waals surface area contributed by atoms with E-state index in [1.54, 1.807) is 27.9 Å². The Balaban J connectivity index is 4.59. The van der Waals surface area contributed by atoms with Crippen LogP contribution < -0.4 is 5.32 Å². The van der Waals surface area contributed by atoms with Gasteiger partial charge in [-0.25, -0.2) is 9.59 Å². The highest BCUT2D eigenvalue weighted by atomic mass is 16.6. The zero-order valence-corrected chi connectivity index (χ0v) is 12.6. The van der Waals surface area contributed by atoms with Crippen LogP contribution in [0, 0.1) is 5.41 Å². The highest BCUT2D eigenvalue weighted by Crippen LogP contribution is 2.23. The summed E-state index contributed by atoms with van der Waals surface area (Å²) < 4.78 is 10.1. The van der Waals surface area contributed by atoms with Gasteiger partial charge in [-0.2, -0.15) is 0 Å². The Bertz CT molecular complexity index is 319. The van der Waals surface area contributed by atoms with Crippen LogP contribution in [0.25, 0.3) is 0 Å². The average Bonchev–Trinajstić information content (AvgIpc) is 2.12. The highest BCUT2D eigenvalue weighted by molar-refractivity contribution is 5.80. The van der Waals surface area contributed by atoms with Gasteiger partial charge in [-0.05, 0) is 32.6 Å². The molecular formula is C13H25NO5. The van der Waals surface area contributed by atoms with Gasteiger partial charge in [-0.3, -0.25) is 0 Å². The third-order valence-electron chi connectivity index (χ3n) is 2.28. The number of rotatable bonds is 6. The molecule has 1 unspecified atom stereocenters. The van der Waals surface area contributed by atoms with Crippen molar-refractivity contribution in [3.05, 3.63) is 0 Å². The number of ether oxygens (including phenoxy) is 2. The van der Waals surface area contributed by atoms with Crippen molar-refractivity contribution in [3.63, 3.8) is 0 Å². The van der Waals surface area contributed by atoms with Crippen molar-refractivity contribution in [1.82, 2.24) is 5.32 Å². The summed E-state index contributed by atoms with van der Waals surface area (Å²) in [5, 5.41) is 11.5. The van der Waals surface area contributed by atoms with Crippen LogP contribution in [0.5, 0.6) is 0 Å². The molecule has 6 nitrogen and oxygen atoms in total. The van der Waals surface area contributed by atoms with Crippen LogP contribution in [-0.4, -0.2) is 42.5 Å². The molecule has 0 fully saturated rings. The summed E-state index contributed by atoms with van der Waals surface area (Å²) in [5.74, 6) is -1.09. The fourth-order valence-corrected chi connectivity index (χ4v) is 1.65. The topological polar surface area (TPSA) is 84.9 Å². The molecule has 2 N–H and O–H groups in total. The summed E-state index contributed by atoms with van der Waals surface area (Å²) in [5.41, 5.74) is -1.01. The summed E-state index contributed by atoms with van der Waals surface area (Å²) in [6, 6.07) is -1.00. The second kappa shape index (κ2) is 6.75. The van der Waals surface area contributed by atoms with Crippen LogP contribution >= 0.6 is 0 Å². The normalized spacial score (nSPS) is 13.8. The predicted molar refractivity (Wildman–Crippen MR) is 71.1 cm³/mol. The van der Waals surface area contributed by atoms with Crippen LogP contribution in [0.15, 0.2) is 0 Å². The molecule has 1 amide bonds. The van der Waals surface area contributed by atoms with E-state index in [1.165, 1.54) is 0 Å². The Hall–Kier alpha value is -1.30. The van der Waals surface area contributed by atoms with Crippen LogP contribution in [0.2, 0.25) is 0 Å². The smallest absolute Gasteiger partial charge is 0.408 e. The molecule has 0 saturated carbocycles. The Kier molecular flexibility index (Phi) is 6.29. The lowest BCUT2D eigenvalue weighted by Gasteiger charge is -2.28. The lowest BCUT2D eigenvalue weighted by Crippen LogP contribution is -2.46. The first-order valence-corrected chi connectivity index (χ1v) is 6.18. The summed E-state index contributed by atoms with van der Waals surface area (Å²) in [6.07, 6.45) is -0.469. The lowest BCUT2D eigenvalue weighted by molar-refractivity contribution is -0.140. The van der Waals surface area contributed by atoms with Crippen molar-refractivity contribution in [1.29, 1.82) is 0 Å². The quantitative estimate of drug-likeness (QED) is 0.774. The zero-order chi connectivity index (χ0) is 15.3. The number of aliphatic carboxylic acids is 1. The van der Waals surface area contributed by atoms with Gasteiger partial charge in [0.2, 0.25) is 0 Å². The molecule has 0 heterocycles. The fraction of sp³-hybridized carbons (Fsp3) is 0.846. The number of amides is 1. The lowest BCUT2D eigenvalue weighted by atomic mass is 9.86. The van der Waals surface area contributed by atoms with Gasteiger partial charge in [0.25, 0.3) is 0 Å². The van der Waals surface area contributed by atoms with Crippen molar-refractivity contribution >= 4 is 12.1 Å². The van der Waals surface area contributed by atoms with Crippen LogP contribution in [0.1, 0.15) is 41.0 Å². The molecule has 0 spiro atoms. The summed E-state index contributed by atoms with van der Waals surface area (Å²) in [6.45, 7) is 9.32. The van der Waals surface area contributed by atoms with Gasteiger partial charge in [0, 0.05) is 7.11 Å². The number of carboxylic acids is 1. The minimum absolute atomic E-state index is 0.259. The molecule has 0 saturated heterocycles. The van der Waals surface area contributed by atoms with E-state index in [0.717, 1.165) is 0 Å². The van der Waals surface area contributed by atoms with Crippen molar-refractivity contribution < 1.29 is 24.2 Å². The van der Waals surface area contributed by atoms with Gasteiger partial charge >= 0.3 is 12.1 Å². The molecule has 0 aliphatic heterocycles. The zero-order valence-electron chi connectivity index (χ0n) is 12.6. The molecule has 0 aromatic carbocycles. The Labute approximate surface area is 114 Å².